The fourth-order valence-corrected chi connectivity index (χ4v) is 11.2. The van der Waals surface area contributed by atoms with E-state index in [-0.39, 0.29) is 49.8 Å². The maximum atomic E-state index is 14.8. The Kier molecular flexibility index (Phi) is 8.70. The summed E-state index contributed by atoms with van der Waals surface area (Å²) in [5.74, 6) is -1.54. The summed E-state index contributed by atoms with van der Waals surface area (Å²) in [5, 5.41) is 10.3. The lowest BCUT2D eigenvalue weighted by atomic mass is 9.82. The fraction of sp³-hybridized carbons (Fsp3) is 0.421. The first-order chi connectivity index (χ1) is 23.8. The van der Waals surface area contributed by atoms with Crippen LogP contribution in [0.4, 0.5) is 11.4 Å². The second-order valence-corrected chi connectivity index (χ2v) is 18.5. The van der Waals surface area contributed by atoms with Crippen LogP contribution in [0.3, 0.4) is 0 Å². The first-order valence-corrected chi connectivity index (χ1v) is 20.2. The van der Waals surface area contributed by atoms with Gasteiger partial charge in [0.25, 0.3) is 5.91 Å². The van der Waals surface area contributed by atoms with Crippen LogP contribution in [0.5, 0.6) is 0 Å². The Bertz CT molecular complexity index is 1860. The summed E-state index contributed by atoms with van der Waals surface area (Å²) in [6, 6.07) is 22.3. The molecule has 0 radical (unpaired) electrons. The van der Waals surface area contributed by atoms with E-state index in [1.54, 1.807) is 21.9 Å². The largest absolute Gasteiger partial charge is 0.441 e. The van der Waals surface area contributed by atoms with Crippen LogP contribution in [0.25, 0.3) is 0 Å². The molecule has 4 aliphatic rings. The number of benzene rings is 3. The molecular formula is C38H43N3O8Si. The first-order valence-electron chi connectivity index (χ1n) is 17.2. The molecule has 4 aliphatic heterocycles. The number of amides is 3. The van der Waals surface area contributed by atoms with Crippen LogP contribution < -0.4 is 9.80 Å². The third kappa shape index (κ3) is 5.64. The Morgan fingerprint density at radius 2 is 1.72 bits per heavy atom. The van der Waals surface area contributed by atoms with E-state index in [9.17, 15) is 29.1 Å². The van der Waals surface area contributed by atoms with Gasteiger partial charge in [0.05, 0.1) is 43.8 Å². The molecule has 0 aromatic heterocycles. The van der Waals surface area contributed by atoms with Gasteiger partial charge in [0.1, 0.15) is 0 Å². The molecule has 4 heterocycles. The van der Waals surface area contributed by atoms with E-state index in [2.05, 4.69) is 0 Å². The van der Waals surface area contributed by atoms with Crippen molar-refractivity contribution in [2.75, 3.05) is 16.4 Å². The highest BCUT2D eigenvalue weighted by atomic mass is 28.4. The maximum absolute atomic E-state index is 14.8. The van der Waals surface area contributed by atoms with Gasteiger partial charge in [-0.05, 0) is 54.4 Å². The molecule has 3 aromatic rings. The summed E-state index contributed by atoms with van der Waals surface area (Å²) in [6.07, 6.45) is -0.767. The van der Waals surface area contributed by atoms with E-state index in [4.69, 9.17) is 9.47 Å². The van der Waals surface area contributed by atoms with Crippen molar-refractivity contribution in [3.63, 3.8) is 0 Å². The van der Waals surface area contributed by atoms with Gasteiger partial charge in [0, 0.05) is 36.2 Å². The van der Waals surface area contributed by atoms with E-state index in [1.807, 2.05) is 80.7 Å². The highest BCUT2D eigenvalue weighted by Crippen LogP contribution is 2.59. The minimum absolute atomic E-state index is 0.0305. The van der Waals surface area contributed by atoms with E-state index in [0.29, 0.717) is 29.9 Å². The molecule has 3 amide bonds. The molecule has 0 saturated carbocycles. The highest BCUT2D eigenvalue weighted by Gasteiger charge is 2.66. The number of ether oxygens (including phenoxy) is 2. The Hall–Kier alpha value is -4.36. The van der Waals surface area contributed by atoms with Gasteiger partial charge >= 0.3 is 5.97 Å². The molecule has 1 spiro atoms. The van der Waals surface area contributed by atoms with Crippen molar-refractivity contribution in [2.24, 2.45) is 5.92 Å². The fourth-order valence-electron chi connectivity index (χ4n) is 8.69. The zero-order valence-corrected chi connectivity index (χ0v) is 29.7. The molecule has 1 unspecified atom stereocenters. The number of para-hydroxylation sites is 1. The summed E-state index contributed by atoms with van der Waals surface area (Å²) < 4.78 is 12.2. The second kappa shape index (κ2) is 12.8. The zero-order valence-electron chi connectivity index (χ0n) is 28.7. The molecule has 50 heavy (non-hydrogen) atoms. The van der Waals surface area contributed by atoms with Crippen molar-refractivity contribution < 1.29 is 38.6 Å². The van der Waals surface area contributed by atoms with Gasteiger partial charge in [-0.1, -0.05) is 61.5 Å². The number of hydrogen-bond acceptors (Lipinski definition) is 8. The molecular weight excluding hydrogens is 655 g/mol. The van der Waals surface area contributed by atoms with Crippen LogP contribution in [0.1, 0.15) is 48.9 Å². The summed E-state index contributed by atoms with van der Waals surface area (Å²) in [5.41, 5.74) is 3.00. The lowest BCUT2D eigenvalue weighted by Crippen LogP contribution is -2.54. The number of nitrogens with zero attached hydrogens (tertiary/aromatic N) is 3. The number of carbonyl (C=O) groups is 4. The van der Waals surface area contributed by atoms with Gasteiger partial charge in [-0.3, -0.25) is 24.1 Å². The Morgan fingerprint density at radius 3 is 2.42 bits per heavy atom. The van der Waals surface area contributed by atoms with Crippen molar-refractivity contribution in [3.8, 4) is 0 Å². The number of esters is 1. The predicted octanol–water partition coefficient (Wildman–Crippen LogP) is 3.99. The number of aliphatic hydroxyl groups is 1. The number of aliphatic hydroxyl groups excluding tert-OH is 1. The monoisotopic (exact) mass is 697 g/mol. The van der Waals surface area contributed by atoms with Gasteiger partial charge < -0.3 is 29.2 Å². The number of β-lactam (4-membered cyclic amide) rings is 1. The van der Waals surface area contributed by atoms with E-state index >= 15 is 0 Å². The van der Waals surface area contributed by atoms with Gasteiger partial charge in [-0.25, -0.2) is 0 Å². The van der Waals surface area contributed by atoms with Gasteiger partial charge in [-0.2, -0.15) is 0 Å². The Morgan fingerprint density at radius 1 is 1.00 bits per heavy atom. The quantitative estimate of drug-likeness (QED) is 0.205. The van der Waals surface area contributed by atoms with Crippen LogP contribution in [-0.4, -0.2) is 71.8 Å². The van der Waals surface area contributed by atoms with Gasteiger partial charge in [-0.15, -0.1) is 0 Å². The highest BCUT2D eigenvalue weighted by molar-refractivity contribution is 6.71. The van der Waals surface area contributed by atoms with Gasteiger partial charge in [0.15, 0.2) is 20.1 Å². The topological polar surface area (TPSA) is 137 Å². The van der Waals surface area contributed by atoms with Gasteiger partial charge in [0.2, 0.25) is 11.8 Å². The molecule has 6 atom stereocenters. The van der Waals surface area contributed by atoms with E-state index in [0.717, 1.165) is 16.7 Å². The summed E-state index contributed by atoms with van der Waals surface area (Å²) in [6.45, 7) is 7.29. The minimum Gasteiger partial charge on any atom is -0.441 e. The predicted molar refractivity (Wildman–Crippen MR) is 187 cm³/mol. The Labute approximate surface area is 292 Å². The number of anilines is 2. The van der Waals surface area contributed by atoms with Crippen LogP contribution in [0, 0.1) is 5.92 Å². The van der Waals surface area contributed by atoms with Crippen molar-refractivity contribution in [1.29, 1.82) is 0 Å². The molecule has 0 aliphatic carbocycles. The molecule has 2 saturated heterocycles. The SMILES string of the molecule is CC(=O)OC1CC(=O)N1c1cccc(CN2C(=O)[C@]3(O[C@H](CC(=O)N4Cc5ccccc5C[C@H]4CO)[C@@H]([Si](C)(C)O)[C@@H]3C)c3ccccc32)c1. The van der Waals surface area contributed by atoms with Crippen molar-refractivity contribution in [2.45, 2.75) is 88.8 Å². The smallest absolute Gasteiger partial charge is 0.304 e. The zero-order chi connectivity index (χ0) is 35.5. The minimum atomic E-state index is -3.02. The van der Waals surface area contributed by atoms with Crippen LogP contribution in [0.15, 0.2) is 72.8 Å². The first kappa shape index (κ1) is 34.1. The normalized spacial score (nSPS) is 27.3. The number of rotatable bonds is 8. The second-order valence-electron chi connectivity index (χ2n) is 14.5. The number of fused-ring (bicyclic) bond motifs is 3. The van der Waals surface area contributed by atoms with Crippen LogP contribution in [-0.2, 0) is 53.8 Å². The molecule has 262 valence electrons. The van der Waals surface area contributed by atoms with Crippen LogP contribution in [0.2, 0.25) is 18.6 Å². The van der Waals surface area contributed by atoms with Crippen molar-refractivity contribution >= 4 is 43.4 Å². The van der Waals surface area contributed by atoms with E-state index in [1.165, 1.54) is 11.8 Å². The average molecular weight is 698 g/mol. The maximum Gasteiger partial charge on any atom is 0.304 e. The molecule has 7 rings (SSSR count). The molecule has 2 fully saturated rings. The molecule has 2 N–H and O–H groups in total. The molecule has 3 aromatic carbocycles. The Balaban J connectivity index is 1.18. The molecule has 12 heteroatoms. The summed E-state index contributed by atoms with van der Waals surface area (Å²) in [4.78, 5) is 69.6. The number of carbonyl (C=O) groups excluding carboxylic acids is 4. The third-order valence-electron chi connectivity index (χ3n) is 10.9. The number of hydrogen-bond donors (Lipinski definition) is 2. The van der Waals surface area contributed by atoms with Crippen molar-refractivity contribution in [3.05, 3.63) is 95.1 Å². The molecule has 0 bridgehead atoms. The van der Waals surface area contributed by atoms with E-state index < -0.39 is 43.7 Å². The molecule has 11 nitrogen and oxygen atoms in total. The lowest BCUT2D eigenvalue weighted by molar-refractivity contribution is -0.154. The van der Waals surface area contributed by atoms with Crippen LogP contribution >= 0.6 is 0 Å². The lowest BCUT2D eigenvalue weighted by Gasteiger charge is -2.39. The standard InChI is InChI=1S/C38H43N3O8Si/c1-23-36(50(3,4)47)32(18-33(44)39-21-27-12-6-5-11-26(27)17-29(39)22-42)49-38(23)30-14-7-8-15-31(30)40(37(38)46)20-25-10-9-13-28(16-25)41-34(45)19-35(41)48-24(2)43/h5-16,23,29,32,35-36,42,47H,17-22H2,1-4H3/t23-,29-,32+,35?,36-,38+/m0/s1. The summed E-state index contributed by atoms with van der Waals surface area (Å²) in [7, 11) is -3.02. The third-order valence-corrected chi connectivity index (χ3v) is 13.4. The summed E-state index contributed by atoms with van der Waals surface area (Å²) >= 11 is 0. The average Bonchev–Trinajstić information content (AvgIpc) is 3.49. The van der Waals surface area contributed by atoms with Crippen molar-refractivity contribution in [1.82, 2.24) is 4.90 Å².